The zero-order chi connectivity index (χ0) is 8.69. The van der Waals surface area contributed by atoms with Gasteiger partial charge in [0.05, 0.1) is 18.6 Å². The number of carbonyl (C=O) groups is 1. The Hall–Kier alpha value is -1.08. The van der Waals surface area contributed by atoms with Gasteiger partial charge < -0.3 is 10.5 Å². The molecule has 0 aromatic rings. The van der Waals surface area contributed by atoms with E-state index in [9.17, 15) is 4.79 Å². The van der Waals surface area contributed by atoms with Crippen LogP contribution in [0, 0.1) is 17.2 Å². The summed E-state index contributed by atoms with van der Waals surface area (Å²) < 4.78 is 4.63. The predicted molar refractivity (Wildman–Crippen MR) is 39.4 cm³/mol. The number of hydrogen-bond donors (Lipinski definition) is 1. The van der Waals surface area contributed by atoms with Gasteiger partial charge >= 0.3 is 5.97 Å². The third-order valence-electron chi connectivity index (χ3n) is 1.24. The molecule has 0 saturated heterocycles. The highest BCUT2D eigenvalue weighted by Crippen LogP contribution is 1.98. The average molecular weight is 156 g/mol. The van der Waals surface area contributed by atoms with Crippen LogP contribution in [0.3, 0.4) is 0 Å². The van der Waals surface area contributed by atoms with Crippen molar-refractivity contribution in [3.05, 3.63) is 0 Å². The second-order valence-electron chi connectivity index (χ2n) is 2.19. The van der Waals surface area contributed by atoms with Crippen LogP contribution in [0.25, 0.3) is 0 Å². The topological polar surface area (TPSA) is 76.1 Å². The lowest BCUT2D eigenvalue weighted by molar-refractivity contribution is -0.141. The maximum atomic E-state index is 10.3. The molecule has 0 bridgehead atoms. The fourth-order valence-electron chi connectivity index (χ4n) is 0.580. The molecular weight excluding hydrogens is 144 g/mol. The third-order valence-corrected chi connectivity index (χ3v) is 1.24. The molecule has 0 aliphatic heterocycles. The summed E-state index contributed by atoms with van der Waals surface area (Å²) >= 11 is 0. The van der Waals surface area contributed by atoms with E-state index in [4.69, 9.17) is 11.0 Å². The molecule has 4 nitrogen and oxygen atoms in total. The molecule has 0 heterocycles. The van der Waals surface area contributed by atoms with Crippen molar-refractivity contribution >= 4 is 5.97 Å². The second kappa shape index (κ2) is 5.69. The summed E-state index contributed by atoms with van der Waals surface area (Å²) in [7, 11) is 0. The molecule has 0 amide bonds. The lowest BCUT2D eigenvalue weighted by Crippen LogP contribution is -2.15. The highest BCUT2D eigenvalue weighted by molar-refractivity contribution is 5.65. The maximum absolute atomic E-state index is 10.3. The molecule has 0 aliphatic carbocycles. The molecule has 0 spiro atoms. The molecule has 62 valence electrons. The van der Waals surface area contributed by atoms with Gasteiger partial charge in [-0.15, -0.1) is 0 Å². The summed E-state index contributed by atoms with van der Waals surface area (Å²) in [6.45, 7) is 1.94. The summed E-state index contributed by atoms with van der Waals surface area (Å²) in [5, 5.41) is 8.42. The van der Waals surface area contributed by atoms with Crippen molar-refractivity contribution in [2.24, 2.45) is 11.7 Å². The van der Waals surface area contributed by atoms with Crippen molar-refractivity contribution in [1.82, 2.24) is 0 Å². The van der Waals surface area contributed by atoms with Gasteiger partial charge in [-0.05, 0) is 6.42 Å². The standard InChI is InChI=1S/C7H12N2O2/c1-6(10)11-3-2-7(4-8)5-9/h7H,2-4,8H2,1H3. The second-order valence-corrected chi connectivity index (χ2v) is 2.19. The Morgan fingerprint density at radius 2 is 2.45 bits per heavy atom. The molecule has 0 radical (unpaired) electrons. The minimum atomic E-state index is -0.321. The molecule has 2 N–H and O–H groups in total. The van der Waals surface area contributed by atoms with Crippen LogP contribution in [0.5, 0.6) is 0 Å². The maximum Gasteiger partial charge on any atom is 0.302 e. The molecule has 11 heavy (non-hydrogen) atoms. The van der Waals surface area contributed by atoms with Crippen molar-refractivity contribution in [2.75, 3.05) is 13.2 Å². The zero-order valence-electron chi connectivity index (χ0n) is 6.54. The number of nitrogens with two attached hydrogens (primary N) is 1. The lowest BCUT2D eigenvalue weighted by Gasteiger charge is -2.04. The Morgan fingerprint density at radius 1 is 1.82 bits per heavy atom. The van der Waals surface area contributed by atoms with Crippen molar-refractivity contribution in [2.45, 2.75) is 13.3 Å². The first-order valence-corrected chi connectivity index (χ1v) is 3.43. The average Bonchev–Trinajstić information content (AvgIpc) is 1.98. The van der Waals surface area contributed by atoms with Gasteiger partial charge in [0, 0.05) is 13.5 Å². The van der Waals surface area contributed by atoms with Crippen molar-refractivity contribution in [3.8, 4) is 6.07 Å². The van der Waals surface area contributed by atoms with E-state index in [1.165, 1.54) is 6.92 Å². The van der Waals surface area contributed by atoms with E-state index in [-0.39, 0.29) is 18.5 Å². The van der Waals surface area contributed by atoms with Crippen molar-refractivity contribution in [1.29, 1.82) is 5.26 Å². The van der Waals surface area contributed by atoms with Crippen LogP contribution in [0.2, 0.25) is 0 Å². The minimum absolute atomic E-state index is 0.200. The fraction of sp³-hybridized carbons (Fsp3) is 0.714. The number of carbonyl (C=O) groups excluding carboxylic acids is 1. The van der Waals surface area contributed by atoms with E-state index in [1.807, 2.05) is 6.07 Å². The Bertz CT molecular complexity index is 162. The first kappa shape index (κ1) is 9.92. The largest absolute Gasteiger partial charge is 0.466 e. The van der Waals surface area contributed by atoms with E-state index >= 15 is 0 Å². The number of esters is 1. The fourth-order valence-corrected chi connectivity index (χ4v) is 0.580. The van der Waals surface area contributed by atoms with Crippen LogP contribution >= 0.6 is 0 Å². The van der Waals surface area contributed by atoms with E-state index < -0.39 is 0 Å². The smallest absolute Gasteiger partial charge is 0.302 e. The van der Waals surface area contributed by atoms with Crippen LogP contribution in [0.15, 0.2) is 0 Å². The van der Waals surface area contributed by atoms with Gasteiger partial charge in [0.15, 0.2) is 0 Å². The molecule has 0 aliphatic rings. The normalized spacial score (nSPS) is 11.7. The van der Waals surface area contributed by atoms with Crippen molar-refractivity contribution < 1.29 is 9.53 Å². The Balaban J connectivity index is 3.38. The first-order chi connectivity index (χ1) is 5.20. The number of hydrogen-bond acceptors (Lipinski definition) is 4. The molecule has 0 saturated carbocycles. The molecular formula is C7H12N2O2. The first-order valence-electron chi connectivity index (χ1n) is 3.43. The van der Waals surface area contributed by atoms with Crippen LogP contribution in [0.1, 0.15) is 13.3 Å². The molecule has 1 atom stereocenters. The summed E-state index contributed by atoms with van der Waals surface area (Å²) in [6, 6.07) is 2.01. The van der Waals surface area contributed by atoms with Gasteiger partial charge in [-0.3, -0.25) is 4.79 Å². The number of rotatable bonds is 4. The zero-order valence-corrected chi connectivity index (χ0v) is 6.54. The van der Waals surface area contributed by atoms with Gasteiger partial charge in [0.25, 0.3) is 0 Å². The van der Waals surface area contributed by atoms with Gasteiger partial charge in [0.1, 0.15) is 0 Å². The molecule has 0 rings (SSSR count). The lowest BCUT2D eigenvalue weighted by atomic mass is 10.1. The SMILES string of the molecule is CC(=O)OCCC(C#N)CN. The highest BCUT2D eigenvalue weighted by Gasteiger charge is 2.04. The Labute approximate surface area is 65.9 Å². The molecule has 0 fully saturated rings. The Kier molecular flexibility index (Phi) is 5.13. The van der Waals surface area contributed by atoms with Crippen LogP contribution in [-0.4, -0.2) is 19.1 Å². The number of ether oxygens (including phenoxy) is 1. The van der Waals surface area contributed by atoms with Gasteiger partial charge in [0.2, 0.25) is 0 Å². The van der Waals surface area contributed by atoms with Crippen LogP contribution < -0.4 is 5.73 Å². The summed E-state index contributed by atoms with van der Waals surface area (Å²) in [4.78, 5) is 10.3. The van der Waals surface area contributed by atoms with Gasteiger partial charge in [-0.2, -0.15) is 5.26 Å². The Morgan fingerprint density at radius 3 is 2.82 bits per heavy atom. The molecule has 1 unspecified atom stereocenters. The summed E-state index contributed by atoms with van der Waals surface area (Å²) in [5.41, 5.74) is 5.24. The highest BCUT2D eigenvalue weighted by atomic mass is 16.5. The summed E-state index contributed by atoms with van der Waals surface area (Å²) in [5.74, 6) is -0.520. The number of nitriles is 1. The van der Waals surface area contributed by atoms with Crippen molar-refractivity contribution in [3.63, 3.8) is 0 Å². The van der Waals surface area contributed by atoms with Crippen LogP contribution in [-0.2, 0) is 9.53 Å². The molecule has 0 aromatic heterocycles. The van der Waals surface area contributed by atoms with Gasteiger partial charge in [-0.25, -0.2) is 0 Å². The quantitative estimate of drug-likeness (QED) is 0.583. The molecule has 4 heteroatoms. The molecule has 0 aromatic carbocycles. The summed E-state index contributed by atoms with van der Waals surface area (Å²) in [6.07, 6.45) is 0.520. The van der Waals surface area contributed by atoms with E-state index in [2.05, 4.69) is 4.74 Å². The van der Waals surface area contributed by atoms with Crippen LogP contribution in [0.4, 0.5) is 0 Å². The monoisotopic (exact) mass is 156 g/mol. The van der Waals surface area contributed by atoms with Gasteiger partial charge in [-0.1, -0.05) is 0 Å². The van der Waals surface area contributed by atoms with E-state index in [1.54, 1.807) is 0 Å². The van der Waals surface area contributed by atoms with E-state index in [0.717, 1.165) is 0 Å². The number of nitrogens with zero attached hydrogens (tertiary/aromatic N) is 1. The third kappa shape index (κ3) is 5.37. The minimum Gasteiger partial charge on any atom is -0.466 e. The predicted octanol–water partition coefficient (Wildman–Crippen LogP) is 0.0381. The van der Waals surface area contributed by atoms with E-state index in [0.29, 0.717) is 13.0 Å².